The number of carbonyl (C=O) groups is 1. The van der Waals surface area contributed by atoms with Crippen molar-refractivity contribution in [3.8, 4) is 22.9 Å². The minimum atomic E-state index is -0.467. The van der Waals surface area contributed by atoms with Gasteiger partial charge < -0.3 is 24.1 Å². The van der Waals surface area contributed by atoms with Crippen LogP contribution in [0.1, 0.15) is 38.3 Å². The molecular formula is C26H30N4O5. The Morgan fingerprint density at radius 2 is 1.63 bits per heavy atom. The summed E-state index contributed by atoms with van der Waals surface area (Å²) >= 11 is 0. The van der Waals surface area contributed by atoms with E-state index in [-0.39, 0.29) is 6.03 Å². The summed E-state index contributed by atoms with van der Waals surface area (Å²) in [7, 11) is 1.60. The zero-order valence-electron chi connectivity index (χ0n) is 20.4. The number of allylic oxidation sites excluding steroid dienone is 1. The van der Waals surface area contributed by atoms with Gasteiger partial charge >= 0.3 is 6.03 Å². The van der Waals surface area contributed by atoms with Crippen LogP contribution in [0.25, 0.3) is 17.0 Å². The zero-order chi connectivity index (χ0) is 24.8. The number of ether oxygens (including phenoxy) is 3. The molecule has 2 amide bonds. The molecular weight excluding hydrogens is 448 g/mol. The molecule has 0 saturated heterocycles. The fourth-order valence-electron chi connectivity index (χ4n) is 4.00. The summed E-state index contributed by atoms with van der Waals surface area (Å²) in [5, 5.41) is 7.29. The Kier molecular flexibility index (Phi) is 7.67. The van der Waals surface area contributed by atoms with Crippen LogP contribution in [-0.4, -0.2) is 54.5 Å². The predicted octanol–water partition coefficient (Wildman–Crippen LogP) is 4.68. The number of nitrogens with zero attached hydrogens (tertiary/aromatic N) is 3. The summed E-state index contributed by atoms with van der Waals surface area (Å²) in [4.78, 5) is 19.3. The summed E-state index contributed by atoms with van der Waals surface area (Å²) in [5.41, 5.74) is 3.14. The highest BCUT2D eigenvalue weighted by molar-refractivity contribution is 5.86. The van der Waals surface area contributed by atoms with Crippen LogP contribution in [-0.2, 0) is 4.74 Å². The van der Waals surface area contributed by atoms with E-state index < -0.39 is 6.04 Å². The second-order valence-electron chi connectivity index (χ2n) is 7.91. The summed E-state index contributed by atoms with van der Waals surface area (Å²) < 4.78 is 22.0. The lowest BCUT2D eigenvalue weighted by Crippen LogP contribution is -2.47. The molecule has 0 saturated carbocycles. The van der Waals surface area contributed by atoms with Gasteiger partial charge in [-0.1, -0.05) is 17.3 Å². The number of hydrogen-bond acceptors (Lipinski definition) is 7. The standard InChI is InChI=1S/C26H30N4O5/c1-5-33-20-11-7-18(8-12-20)23-22(17(3)30(15-16-32-4)26(31)27-23)25-28-24(29-35-25)19-9-13-21(14-10-19)34-6-2/h7-14,23H,5-6,15-16H2,1-4H3,(H,27,31). The van der Waals surface area contributed by atoms with Gasteiger partial charge in [-0.25, -0.2) is 4.79 Å². The van der Waals surface area contributed by atoms with E-state index in [9.17, 15) is 4.79 Å². The zero-order valence-corrected chi connectivity index (χ0v) is 20.4. The molecule has 1 aromatic heterocycles. The molecule has 2 aromatic carbocycles. The van der Waals surface area contributed by atoms with Crippen molar-refractivity contribution in [2.24, 2.45) is 0 Å². The van der Waals surface area contributed by atoms with Gasteiger partial charge in [0.25, 0.3) is 5.89 Å². The topological polar surface area (TPSA) is 99.0 Å². The maximum atomic E-state index is 13.0. The molecule has 1 aliphatic rings. The molecule has 0 aliphatic carbocycles. The van der Waals surface area contributed by atoms with Gasteiger partial charge in [-0.3, -0.25) is 4.90 Å². The van der Waals surface area contributed by atoms with Crippen LogP contribution >= 0.6 is 0 Å². The number of urea groups is 1. The number of benzene rings is 2. The van der Waals surface area contributed by atoms with Crippen LogP contribution in [0.5, 0.6) is 11.5 Å². The summed E-state index contributed by atoms with van der Waals surface area (Å²) in [5.74, 6) is 2.33. The average molecular weight is 479 g/mol. The number of hydrogen-bond donors (Lipinski definition) is 1. The van der Waals surface area contributed by atoms with E-state index in [2.05, 4.69) is 15.5 Å². The van der Waals surface area contributed by atoms with Crippen molar-refractivity contribution in [2.45, 2.75) is 26.8 Å². The minimum Gasteiger partial charge on any atom is -0.494 e. The molecule has 184 valence electrons. The molecule has 4 rings (SSSR count). The number of rotatable bonds is 10. The molecule has 0 fully saturated rings. The molecule has 9 nitrogen and oxygen atoms in total. The molecule has 3 aromatic rings. The van der Waals surface area contributed by atoms with Crippen LogP contribution in [0.2, 0.25) is 0 Å². The van der Waals surface area contributed by atoms with Crippen molar-refractivity contribution in [3.05, 3.63) is 65.7 Å². The molecule has 1 atom stereocenters. The third kappa shape index (κ3) is 5.30. The maximum Gasteiger partial charge on any atom is 0.322 e. The first-order valence-corrected chi connectivity index (χ1v) is 11.6. The van der Waals surface area contributed by atoms with E-state index in [1.165, 1.54) is 0 Å². The van der Waals surface area contributed by atoms with E-state index in [1.807, 2.05) is 69.3 Å². The van der Waals surface area contributed by atoms with Crippen LogP contribution < -0.4 is 14.8 Å². The number of carbonyl (C=O) groups excluding carboxylic acids is 1. The van der Waals surface area contributed by atoms with Gasteiger partial charge in [0.1, 0.15) is 11.5 Å². The monoisotopic (exact) mass is 478 g/mol. The molecule has 0 spiro atoms. The molecule has 0 bridgehead atoms. The van der Waals surface area contributed by atoms with Gasteiger partial charge in [0, 0.05) is 18.4 Å². The van der Waals surface area contributed by atoms with Crippen molar-refractivity contribution in [1.82, 2.24) is 20.4 Å². The van der Waals surface area contributed by atoms with Gasteiger partial charge in [0.15, 0.2) is 0 Å². The number of nitrogens with one attached hydrogen (secondary N) is 1. The molecule has 35 heavy (non-hydrogen) atoms. The van der Waals surface area contributed by atoms with Crippen molar-refractivity contribution in [3.63, 3.8) is 0 Å². The van der Waals surface area contributed by atoms with E-state index in [4.69, 9.17) is 18.7 Å². The Morgan fingerprint density at radius 3 is 2.23 bits per heavy atom. The second kappa shape index (κ2) is 11.1. The van der Waals surface area contributed by atoms with Crippen molar-refractivity contribution >= 4 is 11.6 Å². The van der Waals surface area contributed by atoms with Gasteiger partial charge in [-0.15, -0.1) is 0 Å². The number of methoxy groups -OCH3 is 1. The second-order valence-corrected chi connectivity index (χ2v) is 7.91. The lowest BCUT2D eigenvalue weighted by molar-refractivity contribution is 0.158. The Bertz CT molecular complexity index is 1170. The van der Waals surface area contributed by atoms with Crippen LogP contribution in [0.15, 0.2) is 58.8 Å². The van der Waals surface area contributed by atoms with Gasteiger partial charge in [-0.05, 0) is 62.7 Å². The number of aromatic nitrogens is 2. The lowest BCUT2D eigenvalue weighted by atomic mass is 9.94. The predicted molar refractivity (Wildman–Crippen MR) is 131 cm³/mol. The SMILES string of the molecule is CCOc1ccc(-c2noc(C3=C(C)N(CCOC)C(=O)NC3c3ccc(OCC)cc3)n2)cc1. The Morgan fingerprint density at radius 1 is 1.00 bits per heavy atom. The summed E-state index contributed by atoms with van der Waals surface area (Å²) in [6.45, 7) is 7.72. The Labute approximate surface area is 204 Å². The third-order valence-electron chi connectivity index (χ3n) is 5.72. The quantitative estimate of drug-likeness (QED) is 0.452. The highest BCUT2D eigenvalue weighted by atomic mass is 16.5. The average Bonchev–Trinajstić information content (AvgIpc) is 3.35. The van der Waals surface area contributed by atoms with Crippen LogP contribution in [0.4, 0.5) is 4.79 Å². The fourth-order valence-corrected chi connectivity index (χ4v) is 4.00. The molecule has 1 unspecified atom stereocenters. The first-order chi connectivity index (χ1) is 17.0. The van der Waals surface area contributed by atoms with E-state index in [0.717, 1.165) is 33.9 Å². The van der Waals surface area contributed by atoms with Crippen LogP contribution in [0, 0.1) is 0 Å². The fraction of sp³-hybridized carbons (Fsp3) is 0.346. The van der Waals surface area contributed by atoms with Crippen molar-refractivity contribution in [1.29, 1.82) is 0 Å². The molecule has 9 heteroatoms. The first-order valence-electron chi connectivity index (χ1n) is 11.6. The Hall–Kier alpha value is -3.85. The normalized spacial score (nSPS) is 15.8. The lowest BCUT2D eigenvalue weighted by Gasteiger charge is -2.35. The maximum absolute atomic E-state index is 13.0. The van der Waals surface area contributed by atoms with E-state index >= 15 is 0 Å². The summed E-state index contributed by atoms with van der Waals surface area (Å²) in [6, 6.07) is 14.5. The van der Waals surface area contributed by atoms with E-state index in [1.54, 1.807) is 12.0 Å². The molecule has 2 heterocycles. The van der Waals surface area contributed by atoms with Gasteiger partial charge in [-0.2, -0.15) is 4.98 Å². The molecule has 0 radical (unpaired) electrons. The van der Waals surface area contributed by atoms with Crippen LogP contribution in [0.3, 0.4) is 0 Å². The first kappa shape index (κ1) is 24.3. The summed E-state index contributed by atoms with van der Waals surface area (Å²) in [6.07, 6.45) is 0. The highest BCUT2D eigenvalue weighted by Gasteiger charge is 2.35. The van der Waals surface area contributed by atoms with E-state index in [0.29, 0.717) is 38.1 Å². The third-order valence-corrected chi connectivity index (χ3v) is 5.72. The molecule has 1 N–H and O–H groups in total. The minimum absolute atomic E-state index is 0.214. The van der Waals surface area contributed by atoms with Crippen molar-refractivity contribution in [2.75, 3.05) is 33.5 Å². The van der Waals surface area contributed by atoms with Crippen molar-refractivity contribution < 1.29 is 23.5 Å². The van der Waals surface area contributed by atoms with Gasteiger partial charge in [0.2, 0.25) is 5.82 Å². The smallest absolute Gasteiger partial charge is 0.322 e. The largest absolute Gasteiger partial charge is 0.494 e. The molecule has 1 aliphatic heterocycles. The number of amides is 2. The highest BCUT2D eigenvalue weighted by Crippen LogP contribution is 2.37. The van der Waals surface area contributed by atoms with Gasteiger partial charge in [0.05, 0.1) is 38.0 Å². The Balaban J connectivity index is 1.72.